The Morgan fingerprint density at radius 2 is 2.05 bits per heavy atom. The molecule has 0 radical (unpaired) electrons. The predicted molar refractivity (Wildman–Crippen MR) is 78.0 cm³/mol. The molecule has 0 fully saturated rings. The van der Waals surface area contributed by atoms with Crippen LogP contribution in [0.4, 0.5) is 0 Å². The normalized spacial score (nSPS) is 10.8. The van der Waals surface area contributed by atoms with E-state index in [0.717, 1.165) is 19.6 Å². The SMILES string of the molecule is CCN(CC)CCOCCNC(=O)c1ccc(=O)[nH]c1. The van der Waals surface area contributed by atoms with Gasteiger partial charge in [0.1, 0.15) is 0 Å². The van der Waals surface area contributed by atoms with Gasteiger partial charge in [-0.3, -0.25) is 9.59 Å². The highest BCUT2D eigenvalue weighted by Crippen LogP contribution is 1.92. The average molecular weight is 281 g/mol. The van der Waals surface area contributed by atoms with E-state index in [-0.39, 0.29) is 11.5 Å². The number of amides is 1. The summed E-state index contributed by atoms with van der Waals surface area (Å²) < 4.78 is 5.46. The van der Waals surface area contributed by atoms with Crippen molar-refractivity contribution in [2.24, 2.45) is 0 Å². The molecule has 1 aromatic rings. The van der Waals surface area contributed by atoms with Gasteiger partial charge >= 0.3 is 0 Å². The van der Waals surface area contributed by atoms with Gasteiger partial charge in [0.15, 0.2) is 0 Å². The van der Waals surface area contributed by atoms with Crippen molar-refractivity contribution in [3.63, 3.8) is 0 Å². The number of nitrogens with zero attached hydrogens (tertiary/aromatic N) is 1. The molecule has 6 heteroatoms. The molecule has 0 aromatic carbocycles. The minimum absolute atomic E-state index is 0.214. The van der Waals surface area contributed by atoms with E-state index < -0.39 is 0 Å². The minimum atomic E-state index is -0.221. The zero-order valence-corrected chi connectivity index (χ0v) is 12.1. The number of hydrogen-bond donors (Lipinski definition) is 2. The van der Waals surface area contributed by atoms with Gasteiger partial charge in [-0.2, -0.15) is 0 Å². The number of aromatic nitrogens is 1. The van der Waals surface area contributed by atoms with Crippen molar-refractivity contribution >= 4 is 5.91 Å². The first-order valence-electron chi connectivity index (χ1n) is 6.94. The number of carbonyl (C=O) groups excluding carboxylic acids is 1. The highest BCUT2D eigenvalue weighted by Gasteiger charge is 2.04. The number of H-pyrrole nitrogens is 1. The number of likely N-dealkylation sites (N-methyl/N-ethyl adjacent to an activating group) is 1. The number of rotatable bonds is 9. The summed E-state index contributed by atoms with van der Waals surface area (Å²) in [6.45, 7) is 8.77. The molecule has 0 spiro atoms. The van der Waals surface area contributed by atoms with Crippen LogP contribution in [-0.4, -0.2) is 55.2 Å². The Bertz CT molecular complexity index is 435. The Hall–Kier alpha value is -1.66. The molecule has 112 valence electrons. The molecule has 0 aliphatic heterocycles. The van der Waals surface area contributed by atoms with Crippen molar-refractivity contribution in [1.82, 2.24) is 15.2 Å². The first kappa shape index (κ1) is 16.4. The molecule has 0 aliphatic rings. The van der Waals surface area contributed by atoms with Crippen LogP contribution in [0.1, 0.15) is 24.2 Å². The molecule has 6 nitrogen and oxygen atoms in total. The molecule has 0 saturated carbocycles. The van der Waals surface area contributed by atoms with Crippen LogP contribution in [0.2, 0.25) is 0 Å². The highest BCUT2D eigenvalue weighted by molar-refractivity contribution is 5.93. The maximum absolute atomic E-state index is 11.7. The summed E-state index contributed by atoms with van der Waals surface area (Å²) in [5.74, 6) is -0.214. The fourth-order valence-corrected chi connectivity index (χ4v) is 1.73. The van der Waals surface area contributed by atoms with E-state index in [1.54, 1.807) is 0 Å². The van der Waals surface area contributed by atoms with Crippen LogP contribution >= 0.6 is 0 Å². The Morgan fingerprint density at radius 3 is 2.65 bits per heavy atom. The van der Waals surface area contributed by atoms with E-state index in [2.05, 4.69) is 29.0 Å². The summed E-state index contributed by atoms with van der Waals surface area (Å²) in [4.78, 5) is 27.3. The zero-order chi connectivity index (χ0) is 14.8. The van der Waals surface area contributed by atoms with Gasteiger partial charge in [0.25, 0.3) is 5.91 Å². The summed E-state index contributed by atoms with van der Waals surface area (Å²) in [5, 5.41) is 2.73. The summed E-state index contributed by atoms with van der Waals surface area (Å²) in [5.41, 5.74) is 0.217. The molecule has 2 N–H and O–H groups in total. The van der Waals surface area contributed by atoms with Gasteiger partial charge in [-0.05, 0) is 19.2 Å². The molecule has 1 aromatic heterocycles. The lowest BCUT2D eigenvalue weighted by molar-refractivity contribution is 0.0884. The van der Waals surface area contributed by atoms with E-state index in [4.69, 9.17) is 4.74 Å². The second-order valence-electron chi connectivity index (χ2n) is 4.34. The monoisotopic (exact) mass is 281 g/mol. The van der Waals surface area contributed by atoms with Crippen molar-refractivity contribution in [1.29, 1.82) is 0 Å². The maximum Gasteiger partial charge on any atom is 0.252 e. The van der Waals surface area contributed by atoms with Gasteiger partial charge < -0.3 is 19.9 Å². The molecule has 0 unspecified atom stereocenters. The van der Waals surface area contributed by atoms with Crippen LogP contribution in [0.25, 0.3) is 0 Å². The van der Waals surface area contributed by atoms with Crippen LogP contribution in [0, 0.1) is 0 Å². The Labute approximate surface area is 119 Å². The third-order valence-corrected chi connectivity index (χ3v) is 3.02. The van der Waals surface area contributed by atoms with E-state index in [1.807, 2.05) is 0 Å². The molecular weight excluding hydrogens is 258 g/mol. The van der Waals surface area contributed by atoms with Gasteiger partial charge in [0.05, 0.1) is 18.8 Å². The Balaban J connectivity index is 2.13. The van der Waals surface area contributed by atoms with E-state index in [0.29, 0.717) is 25.3 Å². The molecule has 0 aliphatic carbocycles. The molecule has 1 heterocycles. The molecule has 0 saturated heterocycles. The second kappa shape index (κ2) is 9.28. The maximum atomic E-state index is 11.7. The van der Waals surface area contributed by atoms with Crippen LogP contribution in [0.3, 0.4) is 0 Å². The minimum Gasteiger partial charge on any atom is -0.378 e. The van der Waals surface area contributed by atoms with Gasteiger partial charge in [0, 0.05) is 25.4 Å². The predicted octanol–water partition coefficient (Wildman–Crippen LogP) is 0.463. The lowest BCUT2D eigenvalue weighted by atomic mass is 10.3. The number of aromatic amines is 1. The number of pyridine rings is 1. The van der Waals surface area contributed by atoms with Crippen LogP contribution < -0.4 is 10.9 Å². The standard InChI is InChI=1S/C14H23N3O3/c1-3-17(4-2)8-10-20-9-7-15-14(19)12-5-6-13(18)16-11-12/h5-6,11H,3-4,7-10H2,1-2H3,(H,15,19)(H,16,18). The highest BCUT2D eigenvalue weighted by atomic mass is 16.5. The Kier molecular flexibility index (Phi) is 7.60. The third-order valence-electron chi connectivity index (χ3n) is 3.02. The molecule has 1 amide bonds. The van der Waals surface area contributed by atoms with Crippen molar-refractivity contribution in [2.75, 3.05) is 39.4 Å². The number of ether oxygens (including phenoxy) is 1. The summed E-state index contributed by atoms with van der Waals surface area (Å²) >= 11 is 0. The number of nitrogens with one attached hydrogen (secondary N) is 2. The molecular formula is C14H23N3O3. The van der Waals surface area contributed by atoms with Crippen LogP contribution in [0.15, 0.2) is 23.1 Å². The average Bonchev–Trinajstić information content (AvgIpc) is 2.47. The summed E-state index contributed by atoms with van der Waals surface area (Å²) in [6, 6.07) is 2.82. The fourth-order valence-electron chi connectivity index (χ4n) is 1.73. The van der Waals surface area contributed by atoms with E-state index >= 15 is 0 Å². The van der Waals surface area contributed by atoms with Gasteiger partial charge in [-0.1, -0.05) is 13.8 Å². The summed E-state index contributed by atoms with van der Waals surface area (Å²) in [7, 11) is 0. The van der Waals surface area contributed by atoms with Gasteiger partial charge in [-0.15, -0.1) is 0 Å². The van der Waals surface area contributed by atoms with Crippen LogP contribution in [0.5, 0.6) is 0 Å². The quantitative estimate of drug-likeness (QED) is 0.645. The smallest absolute Gasteiger partial charge is 0.252 e. The molecule has 1 rings (SSSR count). The molecule has 20 heavy (non-hydrogen) atoms. The first-order valence-corrected chi connectivity index (χ1v) is 6.94. The zero-order valence-electron chi connectivity index (χ0n) is 12.1. The largest absolute Gasteiger partial charge is 0.378 e. The Morgan fingerprint density at radius 1 is 1.30 bits per heavy atom. The topological polar surface area (TPSA) is 74.4 Å². The first-order chi connectivity index (χ1) is 9.67. The molecule has 0 bridgehead atoms. The lowest BCUT2D eigenvalue weighted by Gasteiger charge is -2.17. The van der Waals surface area contributed by atoms with Gasteiger partial charge in [0.2, 0.25) is 5.56 Å². The van der Waals surface area contributed by atoms with Crippen molar-refractivity contribution in [3.8, 4) is 0 Å². The third kappa shape index (κ3) is 5.99. The molecule has 0 atom stereocenters. The summed E-state index contributed by atoms with van der Waals surface area (Å²) in [6.07, 6.45) is 1.40. The van der Waals surface area contributed by atoms with E-state index in [9.17, 15) is 9.59 Å². The van der Waals surface area contributed by atoms with E-state index in [1.165, 1.54) is 18.3 Å². The number of hydrogen-bond acceptors (Lipinski definition) is 4. The fraction of sp³-hybridized carbons (Fsp3) is 0.571. The van der Waals surface area contributed by atoms with Gasteiger partial charge in [-0.25, -0.2) is 0 Å². The van der Waals surface area contributed by atoms with Crippen molar-refractivity contribution in [3.05, 3.63) is 34.2 Å². The van der Waals surface area contributed by atoms with Crippen molar-refractivity contribution < 1.29 is 9.53 Å². The van der Waals surface area contributed by atoms with Crippen molar-refractivity contribution in [2.45, 2.75) is 13.8 Å². The van der Waals surface area contributed by atoms with Crippen LogP contribution in [-0.2, 0) is 4.74 Å². The lowest BCUT2D eigenvalue weighted by Crippen LogP contribution is -2.30. The number of carbonyl (C=O) groups is 1. The second-order valence-corrected chi connectivity index (χ2v) is 4.34.